The molecular weight excluding hydrogens is 496 g/mol. The highest BCUT2D eigenvalue weighted by Gasteiger charge is 2.22. The number of piperazine rings is 1. The maximum absolute atomic E-state index is 6.60. The number of benzene rings is 1. The summed E-state index contributed by atoms with van der Waals surface area (Å²) in [4.78, 5) is 24.4. The number of rotatable bonds is 7. The lowest BCUT2D eigenvalue weighted by atomic mass is 10.0. The van der Waals surface area contributed by atoms with E-state index in [9.17, 15) is 0 Å². The molecule has 2 N–H and O–H groups in total. The van der Waals surface area contributed by atoms with Crippen molar-refractivity contribution in [2.24, 2.45) is 0 Å². The second-order valence-electron chi connectivity index (χ2n) is 10.3. The minimum absolute atomic E-state index is 0.400. The molecule has 198 valence electrons. The Morgan fingerprint density at radius 2 is 1.68 bits per heavy atom. The number of aromatic nitrogens is 4. The average Bonchev–Trinajstić information content (AvgIpc) is 3.41. The number of pyridine rings is 2. The Morgan fingerprint density at radius 3 is 2.39 bits per heavy atom. The highest BCUT2D eigenvalue weighted by Crippen LogP contribution is 2.32. The standard InChI is InChI=1S/C29H35ClN8/c1-2-36-13-9-23(10-14-36)33-26-25(30)19-32-29-27(26)34-28(35-29)22-3-5-24(6-4-22)38-17-15-37(16-18-38)20-21-7-11-31-12-8-21/h3-8,11-12,19,23H,2,9-10,13-18,20H2,1H3,(H2,32,33,34,35). The van der Waals surface area contributed by atoms with Crippen LogP contribution in [0.4, 0.5) is 11.4 Å². The van der Waals surface area contributed by atoms with Gasteiger partial charge in [0, 0.05) is 75.5 Å². The number of fused-ring (bicyclic) bond motifs is 1. The van der Waals surface area contributed by atoms with Gasteiger partial charge in [0.25, 0.3) is 0 Å². The molecule has 4 aromatic rings. The van der Waals surface area contributed by atoms with Gasteiger partial charge in [0.15, 0.2) is 5.65 Å². The first kappa shape index (κ1) is 25.1. The molecule has 2 fully saturated rings. The minimum Gasteiger partial charge on any atom is -0.379 e. The lowest BCUT2D eigenvalue weighted by molar-refractivity contribution is 0.229. The summed E-state index contributed by atoms with van der Waals surface area (Å²) in [5, 5.41) is 4.32. The number of nitrogens with zero attached hydrogens (tertiary/aromatic N) is 6. The molecule has 0 saturated carbocycles. The highest BCUT2D eigenvalue weighted by atomic mass is 35.5. The van der Waals surface area contributed by atoms with E-state index in [2.05, 4.69) is 78.3 Å². The molecule has 1 aromatic carbocycles. The fourth-order valence-electron chi connectivity index (χ4n) is 5.55. The molecule has 9 heteroatoms. The quantitative estimate of drug-likeness (QED) is 0.352. The van der Waals surface area contributed by atoms with Crippen molar-refractivity contribution in [3.8, 4) is 11.4 Å². The van der Waals surface area contributed by atoms with Gasteiger partial charge < -0.3 is 20.1 Å². The zero-order chi connectivity index (χ0) is 25.9. The van der Waals surface area contributed by atoms with Crippen LogP contribution >= 0.6 is 11.6 Å². The molecule has 8 nitrogen and oxygen atoms in total. The molecule has 0 spiro atoms. The van der Waals surface area contributed by atoms with Crippen LogP contribution in [0.2, 0.25) is 5.02 Å². The summed E-state index contributed by atoms with van der Waals surface area (Å²) in [7, 11) is 0. The van der Waals surface area contributed by atoms with Crippen LogP contribution in [0.15, 0.2) is 55.0 Å². The average molecular weight is 531 g/mol. The van der Waals surface area contributed by atoms with E-state index < -0.39 is 0 Å². The Morgan fingerprint density at radius 1 is 0.947 bits per heavy atom. The van der Waals surface area contributed by atoms with E-state index in [-0.39, 0.29) is 0 Å². The SMILES string of the molecule is CCN1CCC(Nc2c(Cl)cnc3nc(-c4ccc(N5CCN(Cc6ccncc6)CC5)cc4)[nH]c23)CC1. The summed E-state index contributed by atoms with van der Waals surface area (Å²) in [6.45, 7) is 10.7. The van der Waals surface area contributed by atoms with Crippen LogP contribution in [-0.4, -0.2) is 81.6 Å². The number of halogens is 1. The van der Waals surface area contributed by atoms with Gasteiger partial charge in [0.05, 0.1) is 16.9 Å². The van der Waals surface area contributed by atoms with Crippen molar-refractivity contribution in [1.82, 2.24) is 29.7 Å². The minimum atomic E-state index is 0.400. The smallest absolute Gasteiger partial charge is 0.180 e. The van der Waals surface area contributed by atoms with E-state index in [0.717, 1.165) is 87.8 Å². The molecule has 38 heavy (non-hydrogen) atoms. The van der Waals surface area contributed by atoms with E-state index in [4.69, 9.17) is 16.6 Å². The van der Waals surface area contributed by atoms with Gasteiger partial charge in [-0.1, -0.05) is 18.5 Å². The molecule has 0 amide bonds. The lowest BCUT2D eigenvalue weighted by Crippen LogP contribution is -2.45. The number of H-pyrrole nitrogens is 1. The van der Waals surface area contributed by atoms with E-state index in [1.54, 1.807) is 6.20 Å². The number of anilines is 2. The summed E-state index contributed by atoms with van der Waals surface area (Å²) in [5.74, 6) is 0.812. The van der Waals surface area contributed by atoms with Gasteiger partial charge in [-0.05, 0) is 61.3 Å². The number of hydrogen-bond donors (Lipinski definition) is 2. The van der Waals surface area contributed by atoms with E-state index in [1.807, 2.05) is 12.4 Å². The molecule has 2 saturated heterocycles. The van der Waals surface area contributed by atoms with Gasteiger partial charge in [-0.2, -0.15) is 0 Å². The van der Waals surface area contributed by atoms with Crippen LogP contribution in [0.25, 0.3) is 22.6 Å². The van der Waals surface area contributed by atoms with E-state index in [1.165, 1.54) is 11.3 Å². The number of likely N-dealkylation sites (tertiary alicyclic amines) is 1. The molecule has 0 aliphatic carbocycles. The Labute approximate surface area is 229 Å². The summed E-state index contributed by atoms with van der Waals surface area (Å²) in [6, 6.07) is 13.3. The molecule has 0 unspecified atom stereocenters. The third-order valence-corrected chi connectivity index (χ3v) is 8.18. The van der Waals surface area contributed by atoms with Crippen molar-refractivity contribution in [2.75, 3.05) is 56.0 Å². The van der Waals surface area contributed by atoms with Crippen molar-refractivity contribution >= 4 is 34.1 Å². The van der Waals surface area contributed by atoms with Crippen LogP contribution < -0.4 is 10.2 Å². The van der Waals surface area contributed by atoms with Crippen molar-refractivity contribution in [3.05, 3.63) is 65.6 Å². The summed E-state index contributed by atoms with van der Waals surface area (Å²) >= 11 is 6.60. The summed E-state index contributed by atoms with van der Waals surface area (Å²) in [5.41, 5.74) is 6.08. The number of nitrogens with one attached hydrogen (secondary N) is 2. The largest absolute Gasteiger partial charge is 0.379 e. The van der Waals surface area contributed by atoms with Gasteiger partial charge in [-0.25, -0.2) is 9.97 Å². The van der Waals surface area contributed by atoms with Gasteiger partial charge >= 0.3 is 0 Å². The summed E-state index contributed by atoms with van der Waals surface area (Å²) in [6.07, 6.45) is 7.65. The number of hydrogen-bond acceptors (Lipinski definition) is 7. The van der Waals surface area contributed by atoms with Crippen LogP contribution in [0.5, 0.6) is 0 Å². The predicted molar refractivity (Wildman–Crippen MR) is 155 cm³/mol. The summed E-state index contributed by atoms with van der Waals surface area (Å²) < 4.78 is 0. The normalized spacial score (nSPS) is 17.8. The Balaban J connectivity index is 1.12. The van der Waals surface area contributed by atoms with Crippen molar-refractivity contribution in [3.63, 3.8) is 0 Å². The molecule has 3 aromatic heterocycles. The maximum Gasteiger partial charge on any atom is 0.180 e. The zero-order valence-electron chi connectivity index (χ0n) is 21.9. The monoisotopic (exact) mass is 530 g/mol. The molecule has 2 aliphatic rings. The van der Waals surface area contributed by atoms with E-state index in [0.29, 0.717) is 16.7 Å². The van der Waals surface area contributed by atoms with Gasteiger partial charge in [-0.15, -0.1) is 0 Å². The lowest BCUT2D eigenvalue weighted by Gasteiger charge is -2.36. The second-order valence-corrected chi connectivity index (χ2v) is 10.7. The van der Waals surface area contributed by atoms with Crippen LogP contribution in [0.1, 0.15) is 25.3 Å². The third kappa shape index (κ3) is 5.48. The van der Waals surface area contributed by atoms with Gasteiger partial charge in [0.1, 0.15) is 11.3 Å². The van der Waals surface area contributed by atoms with Crippen LogP contribution in [0, 0.1) is 0 Å². The van der Waals surface area contributed by atoms with Crippen molar-refractivity contribution in [2.45, 2.75) is 32.4 Å². The maximum atomic E-state index is 6.60. The Bertz CT molecular complexity index is 1340. The first-order valence-corrected chi connectivity index (χ1v) is 14.0. The fourth-order valence-corrected chi connectivity index (χ4v) is 5.75. The van der Waals surface area contributed by atoms with Gasteiger partial charge in [0.2, 0.25) is 0 Å². The molecule has 0 bridgehead atoms. The number of piperidine rings is 1. The number of aromatic amines is 1. The first-order valence-electron chi connectivity index (χ1n) is 13.7. The fraction of sp³-hybridized carbons (Fsp3) is 0.414. The number of imidazole rings is 1. The Hall–Kier alpha value is -3.20. The van der Waals surface area contributed by atoms with Crippen molar-refractivity contribution < 1.29 is 0 Å². The predicted octanol–water partition coefficient (Wildman–Crippen LogP) is 4.89. The van der Waals surface area contributed by atoms with Crippen LogP contribution in [-0.2, 0) is 6.54 Å². The molecule has 0 radical (unpaired) electrons. The topological polar surface area (TPSA) is 76.2 Å². The zero-order valence-corrected chi connectivity index (χ0v) is 22.7. The molecule has 0 atom stereocenters. The molecular formula is C29H35ClN8. The van der Waals surface area contributed by atoms with Crippen LogP contribution in [0.3, 0.4) is 0 Å². The van der Waals surface area contributed by atoms with Crippen molar-refractivity contribution in [1.29, 1.82) is 0 Å². The first-order chi connectivity index (χ1) is 18.7. The Kier molecular flexibility index (Phi) is 7.44. The van der Waals surface area contributed by atoms with Gasteiger partial charge in [-0.3, -0.25) is 9.88 Å². The highest BCUT2D eigenvalue weighted by molar-refractivity contribution is 6.34. The van der Waals surface area contributed by atoms with E-state index >= 15 is 0 Å². The molecule has 5 heterocycles. The molecule has 6 rings (SSSR count). The molecule has 2 aliphatic heterocycles. The second kappa shape index (κ2) is 11.3. The third-order valence-electron chi connectivity index (χ3n) is 7.89.